The van der Waals surface area contributed by atoms with Gasteiger partial charge in [0.15, 0.2) is 0 Å². The predicted molar refractivity (Wildman–Crippen MR) is 61.9 cm³/mol. The average molecular weight is 269 g/mol. The minimum absolute atomic E-state index is 0.0461. The standard InChI is InChI=1S/C9H5ClN4O4/c10-7-3-6(13(15)16)4-8(14(17)18)9(7)12-2-1-11-5-12/h1-5H. The number of rotatable bonds is 3. The highest BCUT2D eigenvalue weighted by atomic mass is 35.5. The van der Waals surface area contributed by atoms with Gasteiger partial charge in [0.05, 0.1) is 27.3 Å². The number of imidazole rings is 1. The summed E-state index contributed by atoms with van der Waals surface area (Å²) in [6.07, 6.45) is 4.20. The van der Waals surface area contributed by atoms with Gasteiger partial charge in [-0.15, -0.1) is 0 Å². The van der Waals surface area contributed by atoms with Crippen molar-refractivity contribution in [2.24, 2.45) is 0 Å². The lowest BCUT2D eigenvalue weighted by atomic mass is 10.2. The van der Waals surface area contributed by atoms with Crippen molar-refractivity contribution in [2.45, 2.75) is 0 Å². The van der Waals surface area contributed by atoms with Gasteiger partial charge in [0.2, 0.25) is 0 Å². The van der Waals surface area contributed by atoms with Gasteiger partial charge in [0, 0.05) is 18.5 Å². The fourth-order valence-corrected chi connectivity index (χ4v) is 1.77. The fraction of sp³-hybridized carbons (Fsp3) is 0. The molecule has 9 heteroatoms. The monoisotopic (exact) mass is 268 g/mol. The molecule has 2 aromatic rings. The lowest BCUT2D eigenvalue weighted by molar-refractivity contribution is -0.394. The van der Waals surface area contributed by atoms with Gasteiger partial charge in [-0.1, -0.05) is 11.6 Å². The highest BCUT2D eigenvalue weighted by molar-refractivity contribution is 6.33. The smallest absolute Gasteiger partial charge is 0.299 e. The van der Waals surface area contributed by atoms with Crippen LogP contribution in [0.4, 0.5) is 11.4 Å². The van der Waals surface area contributed by atoms with Gasteiger partial charge in [-0.25, -0.2) is 4.98 Å². The van der Waals surface area contributed by atoms with E-state index in [4.69, 9.17) is 11.6 Å². The Bertz CT molecular complexity index is 626. The lowest BCUT2D eigenvalue weighted by Crippen LogP contribution is -2.01. The van der Waals surface area contributed by atoms with Gasteiger partial charge >= 0.3 is 5.69 Å². The molecule has 0 spiro atoms. The van der Waals surface area contributed by atoms with Gasteiger partial charge in [-0.05, 0) is 0 Å². The van der Waals surface area contributed by atoms with Crippen molar-refractivity contribution in [1.29, 1.82) is 0 Å². The van der Waals surface area contributed by atoms with E-state index in [2.05, 4.69) is 4.98 Å². The largest absolute Gasteiger partial charge is 0.301 e. The van der Waals surface area contributed by atoms with E-state index in [1.54, 1.807) is 0 Å². The van der Waals surface area contributed by atoms with Crippen molar-refractivity contribution >= 4 is 23.0 Å². The molecule has 0 amide bonds. The van der Waals surface area contributed by atoms with E-state index in [0.29, 0.717) is 0 Å². The molecule has 1 aromatic carbocycles. The number of benzene rings is 1. The summed E-state index contributed by atoms with van der Waals surface area (Å²) < 4.78 is 1.32. The van der Waals surface area contributed by atoms with Crippen LogP contribution in [0.15, 0.2) is 30.9 Å². The molecule has 0 N–H and O–H groups in total. The first-order chi connectivity index (χ1) is 8.50. The molecule has 0 saturated heterocycles. The second-order valence-electron chi connectivity index (χ2n) is 3.28. The van der Waals surface area contributed by atoms with Crippen LogP contribution >= 0.6 is 11.6 Å². The zero-order valence-corrected chi connectivity index (χ0v) is 9.44. The summed E-state index contributed by atoms with van der Waals surface area (Å²) >= 11 is 5.86. The Hall–Kier alpha value is -2.48. The second kappa shape index (κ2) is 4.41. The topological polar surface area (TPSA) is 104 Å². The predicted octanol–water partition coefficient (Wildman–Crippen LogP) is 2.34. The molecular weight excluding hydrogens is 264 g/mol. The first-order valence-electron chi connectivity index (χ1n) is 4.61. The van der Waals surface area contributed by atoms with E-state index in [1.165, 1.54) is 23.3 Å². The SMILES string of the molecule is O=[N+]([O-])c1cc(Cl)c(-n2ccnc2)c([N+](=O)[O-])c1. The number of aromatic nitrogens is 2. The zero-order valence-electron chi connectivity index (χ0n) is 8.69. The van der Waals surface area contributed by atoms with Crippen molar-refractivity contribution in [2.75, 3.05) is 0 Å². The summed E-state index contributed by atoms with van der Waals surface area (Å²) in [6, 6.07) is 1.92. The van der Waals surface area contributed by atoms with E-state index in [9.17, 15) is 20.2 Å². The molecular formula is C9H5ClN4O4. The van der Waals surface area contributed by atoms with Gasteiger partial charge in [-0.3, -0.25) is 24.8 Å². The van der Waals surface area contributed by atoms with E-state index in [-0.39, 0.29) is 10.7 Å². The number of nitro benzene ring substituents is 2. The van der Waals surface area contributed by atoms with Crippen LogP contribution in [-0.2, 0) is 0 Å². The summed E-state index contributed by atoms with van der Waals surface area (Å²) in [6.45, 7) is 0. The Balaban J connectivity index is 2.73. The maximum absolute atomic E-state index is 10.9. The molecule has 8 nitrogen and oxygen atoms in total. The lowest BCUT2D eigenvalue weighted by Gasteiger charge is -2.05. The molecule has 2 rings (SSSR count). The number of nitro groups is 2. The summed E-state index contributed by atoms with van der Waals surface area (Å²) in [5.41, 5.74) is -0.840. The Morgan fingerprint density at radius 3 is 2.44 bits per heavy atom. The molecule has 0 unspecified atom stereocenters. The minimum Gasteiger partial charge on any atom is -0.299 e. The Kier molecular flexibility index (Phi) is 2.94. The van der Waals surface area contributed by atoms with Crippen molar-refractivity contribution < 1.29 is 9.85 Å². The van der Waals surface area contributed by atoms with Gasteiger partial charge in [-0.2, -0.15) is 0 Å². The van der Waals surface area contributed by atoms with Crippen LogP contribution in [0, 0.1) is 20.2 Å². The molecule has 92 valence electrons. The van der Waals surface area contributed by atoms with Gasteiger partial charge in [0.1, 0.15) is 5.69 Å². The third-order valence-electron chi connectivity index (χ3n) is 2.20. The summed E-state index contributed by atoms with van der Waals surface area (Å²) in [7, 11) is 0. The third-order valence-corrected chi connectivity index (χ3v) is 2.49. The summed E-state index contributed by atoms with van der Waals surface area (Å²) in [5, 5.41) is 21.5. The normalized spacial score (nSPS) is 10.3. The molecule has 0 atom stereocenters. The van der Waals surface area contributed by atoms with Crippen LogP contribution in [0.2, 0.25) is 5.02 Å². The molecule has 0 bridgehead atoms. The maximum Gasteiger partial charge on any atom is 0.301 e. The minimum atomic E-state index is -0.740. The average Bonchev–Trinajstić information content (AvgIpc) is 2.80. The van der Waals surface area contributed by atoms with Crippen LogP contribution in [0.25, 0.3) is 5.69 Å². The maximum atomic E-state index is 10.9. The van der Waals surface area contributed by atoms with Crippen molar-refractivity contribution in [3.05, 3.63) is 56.1 Å². The molecule has 0 aliphatic heterocycles. The summed E-state index contributed by atoms with van der Waals surface area (Å²) in [4.78, 5) is 23.8. The Morgan fingerprint density at radius 2 is 1.94 bits per heavy atom. The van der Waals surface area contributed by atoms with E-state index in [1.807, 2.05) is 0 Å². The number of hydrogen-bond acceptors (Lipinski definition) is 5. The van der Waals surface area contributed by atoms with E-state index in [0.717, 1.165) is 12.1 Å². The van der Waals surface area contributed by atoms with E-state index >= 15 is 0 Å². The molecule has 0 aliphatic carbocycles. The number of non-ortho nitro benzene ring substituents is 1. The Labute approximate surface area is 105 Å². The summed E-state index contributed by atoms with van der Waals surface area (Å²) in [5.74, 6) is 0. The molecule has 0 fully saturated rings. The van der Waals surface area contributed by atoms with Crippen molar-refractivity contribution in [3.8, 4) is 5.69 Å². The second-order valence-corrected chi connectivity index (χ2v) is 3.69. The Morgan fingerprint density at radius 1 is 1.22 bits per heavy atom. The zero-order chi connectivity index (χ0) is 13.3. The van der Waals surface area contributed by atoms with Crippen LogP contribution in [0.5, 0.6) is 0 Å². The quantitative estimate of drug-likeness (QED) is 0.627. The van der Waals surface area contributed by atoms with Crippen LogP contribution in [0.3, 0.4) is 0 Å². The van der Waals surface area contributed by atoms with Crippen molar-refractivity contribution in [1.82, 2.24) is 9.55 Å². The number of nitrogens with zero attached hydrogens (tertiary/aromatic N) is 4. The van der Waals surface area contributed by atoms with Crippen molar-refractivity contribution in [3.63, 3.8) is 0 Å². The molecule has 18 heavy (non-hydrogen) atoms. The first-order valence-corrected chi connectivity index (χ1v) is 4.99. The van der Waals surface area contributed by atoms with Crippen LogP contribution in [-0.4, -0.2) is 19.4 Å². The molecule has 0 aliphatic rings. The van der Waals surface area contributed by atoms with Gasteiger partial charge in [0.25, 0.3) is 5.69 Å². The highest BCUT2D eigenvalue weighted by Crippen LogP contribution is 2.34. The third kappa shape index (κ3) is 2.00. The molecule has 1 heterocycles. The van der Waals surface area contributed by atoms with E-state index < -0.39 is 21.2 Å². The molecule has 1 aromatic heterocycles. The van der Waals surface area contributed by atoms with Crippen LogP contribution in [0.1, 0.15) is 0 Å². The highest BCUT2D eigenvalue weighted by Gasteiger charge is 2.24. The first kappa shape index (κ1) is 12.0. The molecule has 0 saturated carbocycles. The van der Waals surface area contributed by atoms with Gasteiger partial charge < -0.3 is 0 Å². The number of halogens is 1. The fourth-order valence-electron chi connectivity index (χ4n) is 1.46. The van der Waals surface area contributed by atoms with Crippen LogP contribution < -0.4 is 0 Å². The molecule has 0 radical (unpaired) electrons. The number of hydrogen-bond donors (Lipinski definition) is 0.